The Hall–Kier alpha value is -1.85. The third-order valence-corrected chi connectivity index (χ3v) is 2.89. The molecular formula is C12H18N4O2. The molecule has 0 aliphatic carbocycles. The second-order valence-electron chi connectivity index (χ2n) is 4.36. The van der Waals surface area contributed by atoms with E-state index in [4.69, 9.17) is 0 Å². The molecule has 2 rings (SSSR count). The van der Waals surface area contributed by atoms with Gasteiger partial charge in [0.05, 0.1) is 0 Å². The van der Waals surface area contributed by atoms with Crippen LogP contribution < -0.4 is 10.6 Å². The molecule has 2 heterocycles. The number of aryl methyl sites for hydroxylation is 1. The average molecular weight is 250 g/mol. The molecule has 1 aliphatic heterocycles. The minimum absolute atomic E-state index is 0.160. The first-order chi connectivity index (χ1) is 8.72. The highest BCUT2D eigenvalue weighted by atomic mass is 16.2. The highest BCUT2D eigenvalue weighted by Crippen LogP contribution is 2.08. The van der Waals surface area contributed by atoms with Gasteiger partial charge in [0.1, 0.15) is 5.69 Å². The fraction of sp³-hybridized carbons (Fsp3) is 0.583. The Bertz CT molecular complexity index is 453. The number of hydrogen-bond acceptors (Lipinski definition) is 3. The smallest absolute Gasteiger partial charge is 0.271 e. The second-order valence-corrected chi connectivity index (χ2v) is 4.36. The van der Waals surface area contributed by atoms with Gasteiger partial charge in [-0.2, -0.15) is 5.10 Å². The predicted molar refractivity (Wildman–Crippen MR) is 66.4 cm³/mol. The number of rotatable bonds is 4. The maximum Gasteiger partial charge on any atom is 0.271 e. The van der Waals surface area contributed by atoms with Crippen LogP contribution >= 0.6 is 0 Å². The summed E-state index contributed by atoms with van der Waals surface area (Å²) in [5, 5.41) is 9.75. The van der Waals surface area contributed by atoms with Gasteiger partial charge in [-0.25, -0.2) is 0 Å². The van der Waals surface area contributed by atoms with Crippen molar-refractivity contribution < 1.29 is 9.59 Å². The molecule has 18 heavy (non-hydrogen) atoms. The summed E-state index contributed by atoms with van der Waals surface area (Å²) in [6.45, 7) is 4.02. The Morgan fingerprint density at radius 1 is 1.61 bits per heavy atom. The second kappa shape index (κ2) is 5.66. The van der Waals surface area contributed by atoms with Crippen molar-refractivity contribution >= 4 is 11.8 Å². The monoisotopic (exact) mass is 250 g/mol. The number of nitrogens with one attached hydrogen (secondary N) is 2. The lowest BCUT2D eigenvalue weighted by molar-refractivity contribution is 0.0942. The molecule has 0 bridgehead atoms. The summed E-state index contributed by atoms with van der Waals surface area (Å²) in [5.41, 5.74) is 0.784. The van der Waals surface area contributed by atoms with Crippen LogP contribution in [0.15, 0.2) is 6.07 Å². The molecule has 0 unspecified atom stereocenters. The lowest BCUT2D eigenvalue weighted by Gasteiger charge is -2.01. The number of carbonyl (C=O) groups is 2. The number of amides is 2. The van der Waals surface area contributed by atoms with Gasteiger partial charge >= 0.3 is 0 Å². The summed E-state index contributed by atoms with van der Waals surface area (Å²) >= 11 is 0. The number of fused-ring (bicyclic) bond motifs is 1. The van der Waals surface area contributed by atoms with E-state index < -0.39 is 0 Å². The fourth-order valence-corrected chi connectivity index (χ4v) is 1.87. The third-order valence-electron chi connectivity index (χ3n) is 2.89. The quantitative estimate of drug-likeness (QED) is 0.766. The van der Waals surface area contributed by atoms with Crippen LogP contribution in [0.1, 0.15) is 47.2 Å². The number of aromatic nitrogens is 2. The van der Waals surface area contributed by atoms with E-state index in [1.54, 1.807) is 10.7 Å². The summed E-state index contributed by atoms with van der Waals surface area (Å²) < 4.78 is 1.61. The van der Waals surface area contributed by atoms with Crippen molar-refractivity contribution in [2.75, 3.05) is 13.1 Å². The molecule has 0 atom stereocenters. The Kier molecular flexibility index (Phi) is 3.96. The summed E-state index contributed by atoms with van der Waals surface area (Å²) in [4.78, 5) is 23.5. The first-order valence-electron chi connectivity index (χ1n) is 6.36. The van der Waals surface area contributed by atoms with Crippen LogP contribution in [-0.2, 0) is 6.54 Å². The summed E-state index contributed by atoms with van der Waals surface area (Å²) in [6.07, 6.45) is 2.81. The molecule has 98 valence electrons. The van der Waals surface area contributed by atoms with Crippen LogP contribution in [0.25, 0.3) is 0 Å². The molecule has 1 aromatic heterocycles. The zero-order valence-electron chi connectivity index (χ0n) is 10.5. The Morgan fingerprint density at radius 2 is 2.44 bits per heavy atom. The minimum atomic E-state index is -0.211. The molecular weight excluding hydrogens is 232 g/mol. The zero-order chi connectivity index (χ0) is 13.0. The molecule has 0 saturated heterocycles. The van der Waals surface area contributed by atoms with E-state index in [-0.39, 0.29) is 11.8 Å². The van der Waals surface area contributed by atoms with Gasteiger partial charge in [0.25, 0.3) is 11.8 Å². The van der Waals surface area contributed by atoms with E-state index in [1.165, 1.54) is 0 Å². The standard InChI is InChI=1S/C12H18N4O2/c1-2-3-5-13-11(17)9-8-10-12(18)14-6-4-7-16(10)15-9/h8H,2-7H2,1H3,(H,13,17)(H,14,18). The largest absolute Gasteiger partial charge is 0.351 e. The molecule has 1 aliphatic rings. The van der Waals surface area contributed by atoms with Gasteiger partial charge in [-0.15, -0.1) is 0 Å². The predicted octanol–water partition coefficient (Wildman–Crippen LogP) is 0.546. The van der Waals surface area contributed by atoms with E-state index in [0.29, 0.717) is 31.0 Å². The van der Waals surface area contributed by atoms with Crippen LogP contribution in [0.4, 0.5) is 0 Å². The molecule has 6 heteroatoms. The van der Waals surface area contributed by atoms with Crippen LogP contribution in [0.2, 0.25) is 0 Å². The van der Waals surface area contributed by atoms with Gasteiger partial charge in [0.15, 0.2) is 5.69 Å². The number of hydrogen-bond donors (Lipinski definition) is 2. The Morgan fingerprint density at radius 3 is 3.22 bits per heavy atom. The number of carbonyl (C=O) groups excluding carboxylic acids is 2. The van der Waals surface area contributed by atoms with E-state index >= 15 is 0 Å². The lowest BCUT2D eigenvalue weighted by atomic mass is 10.3. The molecule has 0 saturated carbocycles. The van der Waals surface area contributed by atoms with Gasteiger partial charge in [0.2, 0.25) is 0 Å². The first kappa shape index (κ1) is 12.6. The summed E-state index contributed by atoms with van der Waals surface area (Å²) in [5.74, 6) is -0.371. The number of unbranched alkanes of at least 4 members (excludes halogenated alkanes) is 1. The van der Waals surface area contributed by atoms with Crippen LogP contribution in [0.3, 0.4) is 0 Å². The van der Waals surface area contributed by atoms with Gasteiger partial charge < -0.3 is 10.6 Å². The normalized spacial score (nSPS) is 14.6. The molecule has 0 radical (unpaired) electrons. The van der Waals surface area contributed by atoms with Crippen molar-refractivity contribution in [2.24, 2.45) is 0 Å². The molecule has 0 spiro atoms. The van der Waals surface area contributed by atoms with Gasteiger partial charge in [-0.05, 0) is 12.8 Å². The molecule has 6 nitrogen and oxygen atoms in total. The first-order valence-corrected chi connectivity index (χ1v) is 6.36. The van der Waals surface area contributed by atoms with E-state index in [2.05, 4.69) is 22.7 Å². The topological polar surface area (TPSA) is 76.0 Å². The summed E-state index contributed by atoms with van der Waals surface area (Å²) in [7, 11) is 0. The minimum Gasteiger partial charge on any atom is -0.351 e. The molecule has 0 fully saturated rings. The lowest BCUT2D eigenvalue weighted by Crippen LogP contribution is -2.25. The molecule has 2 N–H and O–H groups in total. The van der Waals surface area contributed by atoms with Crippen molar-refractivity contribution in [1.82, 2.24) is 20.4 Å². The van der Waals surface area contributed by atoms with E-state index in [1.807, 2.05) is 0 Å². The molecule has 2 amide bonds. The van der Waals surface area contributed by atoms with E-state index in [9.17, 15) is 9.59 Å². The SMILES string of the molecule is CCCCNC(=O)c1cc2n(n1)CCCNC2=O. The molecule has 0 aromatic carbocycles. The third kappa shape index (κ3) is 2.69. The highest BCUT2D eigenvalue weighted by Gasteiger charge is 2.20. The van der Waals surface area contributed by atoms with Crippen molar-refractivity contribution in [3.05, 3.63) is 17.5 Å². The number of nitrogens with zero attached hydrogens (tertiary/aromatic N) is 2. The van der Waals surface area contributed by atoms with Crippen molar-refractivity contribution in [3.63, 3.8) is 0 Å². The van der Waals surface area contributed by atoms with Gasteiger partial charge in [-0.3, -0.25) is 14.3 Å². The highest BCUT2D eigenvalue weighted by molar-refractivity contribution is 5.97. The van der Waals surface area contributed by atoms with Crippen LogP contribution in [0, 0.1) is 0 Å². The van der Waals surface area contributed by atoms with Crippen LogP contribution in [-0.4, -0.2) is 34.7 Å². The van der Waals surface area contributed by atoms with Crippen molar-refractivity contribution in [3.8, 4) is 0 Å². The van der Waals surface area contributed by atoms with Crippen molar-refractivity contribution in [2.45, 2.75) is 32.7 Å². The van der Waals surface area contributed by atoms with E-state index in [0.717, 1.165) is 19.3 Å². The van der Waals surface area contributed by atoms with Gasteiger partial charge in [0, 0.05) is 25.7 Å². The van der Waals surface area contributed by atoms with Crippen LogP contribution in [0.5, 0.6) is 0 Å². The fourth-order valence-electron chi connectivity index (χ4n) is 1.87. The maximum absolute atomic E-state index is 11.8. The zero-order valence-corrected chi connectivity index (χ0v) is 10.5. The maximum atomic E-state index is 11.8. The molecule has 1 aromatic rings. The average Bonchev–Trinajstić information content (AvgIpc) is 2.72. The Labute approximate surface area is 106 Å². The Balaban J connectivity index is 2.09. The summed E-state index contributed by atoms with van der Waals surface area (Å²) in [6, 6.07) is 1.56. The van der Waals surface area contributed by atoms with Gasteiger partial charge in [-0.1, -0.05) is 13.3 Å². The van der Waals surface area contributed by atoms with Crippen molar-refractivity contribution in [1.29, 1.82) is 0 Å².